The molecule has 2 rings (SSSR count). The van der Waals surface area contributed by atoms with E-state index in [0.717, 1.165) is 12.2 Å². The molecule has 0 unspecified atom stereocenters. The first kappa shape index (κ1) is 24.6. The Balaban J connectivity index is 2.28. The zero-order valence-corrected chi connectivity index (χ0v) is 20.2. The minimum atomic E-state index is -3.86. The van der Waals surface area contributed by atoms with Crippen LogP contribution in [-0.2, 0) is 14.8 Å². The Hall–Kier alpha value is -0.620. The summed E-state index contributed by atoms with van der Waals surface area (Å²) in [5.41, 5.74) is -0.114. The molecule has 164 valence electrons. The first-order valence-corrected chi connectivity index (χ1v) is 13.2. The van der Waals surface area contributed by atoms with E-state index >= 15 is 0 Å². The molecule has 0 saturated carbocycles. The van der Waals surface area contributed by atoms with Crippen LogP contribution in [0.5, 0.6) is 0 Å². The predicted octanol–water partition coefficient (Wildman–Crippen LogP) is 3.57. The molecule has 0 fully saturated rings. The lowest BCUT2D eigenvalue weighted by Crippen LogP contribution is -2.32. The van der Waals surface area contributed by atoms with Crippen molar-refractivity contribution in [3.8, 4) is 0 Å². The van der Waals surface area contributed by atoms with Crippen LogP contribution >= 0.6 is 34.7 Å². The van der Waals surface area contributed by atoms with Crippen molar-refractivity contribution in [2.24, 2.45) is 0 Å². The second kappa shape index (κ2) is 10.6. The smallest absolute Gasteiger partial charge is 0.244 e. The number of sulfonamides is 1. The number of ether oxygens (including phenoxy) is 1. The number of thioether (sulfide) groups is 1. The third kappa shape index (κ3) is 6.68. The van der Waals surface area contributed by atoms with Gasteiger partial charge in [0.05, 0.1) is 28.0 Å². The van der Waals surface area contributed by atoms with E-state index in [-0.39, 0.29) is 29.1 Å². The summed E-state index contributed by atoms with van der Waals surface area (Å²) < 4.78 is 34.5. The molecule has 3 N–H and O–H groups in total. The van der Waals surface area contributed by atoms with Crippen LogP contribution in [0.1, 0.15) is 26.7 Å². The topological polar surface area (TPSA) is 101 Å². The number of hydrogen-bond acceptors (Lipinski definition) is 8. The average Bonchev–Trinajstić information content (AvgIpc) is 3.06. The van der Waals surface area contributed by atoms with Crippen LogP contribution in [-0.4, -0.2) is 62.4 Å². The van der Waals surface area contributed by atoms with Gasteiger partial charge < -0.3 is 15.2 Å². The number of nitrogens with one attached hydrogen (secondary N) is 2. The summed E-state index contributed by atoms with van der Waals surface area (Å²) >= 11 is 9.28. The van der Waals surface area contributed by atoms with Gasteiger partial charge >= 0.3 is 0 Å². The van der Waals surface area contributed by atoms with E-state index in [9.17, 15) is 13.5 Å². The number of methoxy groups -OCH3 is 1. The average molecular weight is 482 g/mol. The summed E-state index contributed by atoms with van der Waals surface area (Å²) in [6, 6.07) is 3.17. The molecule has 0 amide bonds. The fraction of sp³-hybridized carbons (Fsp3) is 0.611. The Kier molecular flexibility index (Phi) is 9.02. The van der Waals surface area contributed by atoms with E-state index in [1.807, 2.05) is 20.1 Å². The normalized spacial score (nSPS) is 13.7. The minimum absolute atomic E-state index is 0.0270. The summed E-state index contributed by atoms with van der Waals surface area (Å²) in [6.07, 6.45) is 3.29. The Bertz CT molecular complexity index is 918. The van der Waals surface area contributed by atoms with Crippen molar-refractivity contribution < 1.29 is 18.3 Å². The van der Waals surface area contributed by atoms with Gasteiger partial charge in [-0.05, 0) is 50.8 Å². The van der Waals surface area contributed by atoms with Crippen molar-refractivity contribution >= 4 is 60.1 Å². The minimum Gasteiger partial charge on any atom is -0.394 e. The van der Waals surface area contributed by atoms with Crippen LogP contribution in [0.25, 0.3) is 10.2 Å². The molecule has 29 heavy (non-hydrogen) atoms. The summed E-state index contributed by atoms with van der Waals surface area (Å²) in [5.74, 6) is 0.899. The van der Waals surface area contributed by atoms with Gasteiger partial charge in [0.2, 0.25) is 10.0 Å². The zero-order chi connectivity index (χ0) is 21.7. The number of benzene rings is 1. The van der Waals surface area contributed by atoms with Gasteiger partial charge in [-0.2, -0.15) is 11.8 Å². The fourth-order valence-corrected chi connectivity index (χ4v) is 5.81. The van der Waals surface area contributed by atoms with Crippen molar-refractivity contribution in [3.05, 3.63) is 17.2 Å². The van der Waals surface area contributed by atoms with Gasteiger partial charge in [0, 0.05) is 13.7 Å². The highest BCUT2D eigenvalue weighted by Crippen LogP contribution is 2.35. The van der Waals surface area contributed by atoms with Gasteiger partial charge in [-0.15, -0.1) is 0 Å². The molecule has 0 aliphatic rings. The molecule has 1 aromatic carbocycles. The monoisotopic (exact) mass is 481 g/mol. The van der Waals surface area contributed by atoms with Gasteiger partial charge in [0.15, 0.2) is 5.13 Å². The Morgan fingerprint density at radius 3 is 2.76 bits per heavy atom. The zero-order valence-electron chi connectivity index (χ0n) is 17.0. The predicted molar refractivity (Wildman–Crippen MR) is 123 cm³/mol. The Morgan fingerprint density at radius 2 is 2.14 bits per heavy atom. The van der Waals surface area contributed by atoms with Gasteiger partial charge in [-0.1, -0.05) is 22.9 Å². The summed E-state index contributed by atoms with van der Waals surface area (Å²) in [6.45, 7) is 3.97. The lowest BCUT2D eigenvalue weighted by Gasteiger charge is -2.22. The van der Waals surface area contributed by atoms with Crippen molar-refractivity contribution in [3.63, 3.8) is 0 Å². The number of aromatic nitrogens is 1. The number of fused-ring (bicyclic) bond motifs is 1. The van der Waals surface area contributed by atoms with Crippen molar-refractivity contribution in [1.82, 2.24) is 9.71 Å². The molecule has 1 aromatic heterocycles. The standard InChI is InChI=1S/C18H28ClN3O4S3/c1-18(2,26-3)8-9-20-29(24,25)16-13(19)5-6-14-15(16)22-17(28-14)21-12(11-23)7-10-27-4/h5-6,12,20,23H,7-11H2,1-4H3,(H,21,22)/t12-/m0/s1. The van der Waals surface area contributed by atoms with E-state index in [0.29, 0.717) is 21.8 Å². The Labute approximate surface area is 185 Å². The molecule has 2 aromatic rings. The summed E-state index contributed by atoms with van der Waals surface area (Å²) in [5, 5.41) is 13.4. The third-order valence-corrected chi connectivity index (χ3v) is 8.08. The molecule has 1 heterocycles. The summed E-state index contributed by atoms with van der Waals surface area (Å²) in [4.78, 5) is 4.44. The van der Waals surface area contributed by atoms with E-state index in [2.05, 4.69) is 15.0 Å². The second-order valence-corrected chi connectivity index (χ2v) is 11.3. The number of aliphatic hydroxyl groups excluding tert-OH is 1. The molecule has 0 spiro atoms. The van der Waals surface area contributed by atoms with Crippen LogP contribution in [0.15, 0.2) is 17.0 Å². The number of aliphatic hydroxyl groups is 1. The quantitative estimate of drug-likeness (QED) is 0.426. The highest BCUT2D eigenvalue weighted by atomic mass is 35.5. The van der Waals surface area contributed by atoms with E-state index in [1.54, 1.807) is 31.0 Å². The first-order valence-electron chi connectivity index (χ1n) is 9.13. The maximum atomic E-state index is 12.9. The van der Waals surface area contributed by atoms with E-state index in [1.165, 1.54) is 11.3 Å². The van der Waals surface area contributed by atoms with Crippen molar-refractivity contribution in [2.45, 2.75) is 43.2 Å². The fourth-order valence-electron chi connectivity index (χ4n) is 2.57. The van der Waals surface area contributed by atoms with Crippen LogP contribution < -0.4 is 10.0 Å². The lowest BCUT2D eigenvalue weighted by molar-refractivity contribution is 0.0169. The van der Waals surface area contributed by atoms with E-state index in [4.69, 9.17) is 16.3 Å². The van der Waals surface area contributed by atoms with Crippen LogP contribution in [0.3, 0.4) is 0 Å². The molecule has 0 saturated heterocycles. The van der Waals surface area contributed by atoms with Gasteiger partial charge in [0.1, 0.15) is 10.4 Å². The van der Waals surface area contributed by atoms with Crippen LogP contribution in [0.2, 0.25) is 5.02 Å². The molecule has 11 heteroatoms. The number of hydrogen-bond donors (Lipinski definition) is 3. The van der Waals surface area contributed by atoms with Crippen molar-refractivity contribution in [1.29, 1.82) is 0 Å². The van der Waals surface area contributed by atoms with Gasteiger partial charge in [-0.25, -0.2) is 18.1 Å². The van der Waals surface area contributed by atoms with Gasteiger partial charge in [-0.3, -0.25) is 0 Å². The lowest BCUT2D eigenvalue weighted by atomic mass is 10.1. The number of halogens is 1. The number of thiazole rings is 1. The van der Waals surface area contributed by atoms with Crippen LogP contribution in [0.4, 0.5) is 5.13 Å². The maximum absolute atomic E-state index is 12.9. The Morgan fingerprint density at radius 1 is 1.41 bits per heavy atom. The number of rotatable bonds is 12. The largest absolute Gasteiger partial charge is 0.394 e. The summed E-state index contributed by atoms with van der Waals surface area (Å²) in [7, 11) is -2.26. The molecule has 1 atom stereocenters. The maximum Gasteiger partial charge on any atom is 0.244 e. The SMILES string of the molecule is COC(C)(C)CCNS(=O)(=O)c1c(Cl)ccc2sc(N[C@H](CO)CCSC)nc12. The number of anilines is 1. The highest BCUT2D eigenvalue weighted by molar-refractivity contribution is 7.98. The van der Waals surface area contributed by atoms with Crippen LogP contribution in [0, 0.1) is 0 Å². The van der Waals surface area contributed by atoms with E-state index < -0.39 is 15.6 Å². The molecule has 0 aliphatic carbocycles. The highest BCUT2D eigenvalue weighted by Gasteiger charge is 2.25. The first-order chi connectivity index (χ1) is 13.6. The third-order valence-electron chi connectivity index (χ3n) is 4.53. The van der Waals surface area contributed by atoms with Gasteiger partial charge in [0.25, 0.3) is 0 Å². The molecule has 0 aliphatic heterocycles. The molecule has 7 nitrogen and oxygen atoms in total. The van der Waals surface area contributed by atoms with Crippen molar-refractivity contribution in [2.75, 3.05) is 37.6 Å². The second-order valence-electron chi connectivity index (χ2n) is 7.16. The number of nitrogens with zero attached hydrogens (tertiary/aromatic N) is 1. The molecular weight excluding hydrogens is 454 g/mol. The molecule has 0 radical (unpaired) electrons. The molecular formula is C18H28ClN3O4S3. The molecule has 0 bridgehead atoms.